The SMILES string of the molecule is NC(=O)COc1ccc(C2/C(=C(\O)c3ccc(Cl)cc3)C(=O)C(=O)N2CCN2CCOCC2)cc1. The number of aliphatic hydroxyl groups excluding tert-OH is 1. The van der Waals surface area contributed by atoms with Gasteiger partial charge in [0, 0.05) is 36.8 Å². The van der Waals surface area contributed by atoms with Crippen molar-refractivity contribution < 1.29 is 29.0 Å². The summed E-state index contributed by atoms with van der Waals surface area (Å²) < 4.78 is 10.7. The molecule has 0 radical (unpaired) electrons. The van der Waals surface area contributed by atoms with Gasteiger partial charge in [0.15, 0.2) is 6.61 Å². The quantitative estimate of drug-likeness (QED) is 0.323. The van der Waals surface area contributed by atoms with Gasteiger partial charge in [-0.2, -0.15) is 0 Å². The van der Waals surface area contributed by atoms with Crippen molar-refractivity contribution in [2.75, 3.05) is 46.0 Å². The van der Waals surface area contributed by atoms with Crippen LogP contribution in [0.2, 0.25) is 5.02 Å². The molecule has 2 aromatic carbocycles. The highest BCUT2D eigenvalue weighted by atomic mass is 35.5. The zero-order valence-corrected chi connectivity index (χ0v) is 19.7. The lowest BCUT2D eigenvalue weighted by atomic mass is 9.95. The Hall–Kier alpha value is -3.40. The molecule has 2 aliphatic rings. The van der Waals surface area contributed by atoms with Gasteiger partial charge < -0.3 is 25.2 Å². The highest BCUT2D eigenvalue weighted by Gasteiger charge is 2.46. The molecule has 2 saturated heterocycles. The number of carbonyl (C=O) groups excluding carboxylic acids is 3. The van der Waals surface area contributed by atoms with Crippen LogP contribution in [0.5, 0.6) is 5.75 Å². The molecule has 3 N–H and O–H groups in total. The van der Waals surface area contributed by atoms with Gasteiger partial charge in [0.1, 0.15) is 11.5 Å². The summed E-state index contributed by atoms with van der Waals surface area (Å²) in [4.78, 5) is 40.9. The average molecular weight is 500 g/mol. The molecular formula is C25H26ClN3O6. The molecule has 2 aromatic rings. The second-order valence-electron chi connectivity index (χ2n) is 8.28. The summed E-state index contributed by atoms with van der Waals surface area (Å²) in [5.74, 6) is -1.89. The molecule has 2 aliphatic heterocycles. The minimum Gasteiger partial charge on any atom is -0.507 e. The van der Waals surface area contributed by atoms with E-state index in [1.807, 2.05) is 0 Å². The lowest BCUT2D eigenvalue weighted by Gasteiger charge is -2.31. The highest BCUT2D eigenvalue weighted by Crippen LogP contribution is 2.39. The maximum absolute atomic E-state index is 13.1. The number of morpholine rings is 1. The second kappa shape index (κ2) is 10.9. The van der Waals surface area contributed by atoms with E-state index in [4.69, 9.17) is 26.8 Å². The third-order valence-corrected chi connectivity index (χ3v) is 6.25. The van der Waals surface area contributed by atoms with Crippen molar-refractivity contribution in [2.24, 2.45) is 5.73 Å². The van der Waals surface area contributed by atoms with Crippen LogP contribution in [0.1, 0.15) is 17.2 Å². The van der Waals surface area contributed by atoms with E-state index in [2.05, 4.69) is 4.90 Å². The van der Waals surface area contributed by atoms with Crippen molar-refractivity contribution in [2.45, 2.75) is 6.04 Å². The van der Waals surface area contributed by atoms with Crippen LogP contribution in [-0.2, 0) is 19.1 Å². The topological polar surface area (TPSA) is 122 Å². The van der Waals surface area contributed by atoms with E-state index < -0.39 is 23.6 Å². The standard InChI is InChI=1S/C25H26ClN3O6/c26-18-5-1-17(2-6-18)23(31)21-22(16-3-7-19(8-4-16)35-15-20(27)30)29(25(33)24(21)32)10-9-28-11-13-34-14-12-28/h1-8,22,31H,9-15H2,(H2,27,30)/b23-21+. The van der Waals surface area contributed by atoms with Gasteiger partial charge in [0.05, 0.1) is 24.8 Å². The Kier molecular flexibility index (Phi) is 7.70. The van der Waals surface area contributed by atoms with E-state index in [0.29, 0.717) is 48.2 Å². The van der Waals surface area contributed by atoms with Crippen LogP contribution in [0.15, 0.2) is 54.1 Å². The minimum atomic E-state index is -0.795. The van der Waals surface area contributed by atoms with E-state index in [0.717, 1.165) is 13.1 Å². The number of ether oxygens (including phenoxy) is 2. The monoisotopic (exact) mass is 499 g/mol. The van der Waals surface area contributed by atoms with Crippen LogP contribution < -0.4 is 10.5 Å². The molecule has 9 nitrogen and oxygen atoms in total. The van der Waals surface area contributed by atoms with Crippen molar-refractivity contribution in [3.05, 3.63) is 70.3 Å². The molecule has 1 atom stereocenters. The number of rotatable bonds is 8. The smallest absolute Gasteiger partial charge is 0.295 e. The van der Waals surface area contributed by atoms with Gasteiger partial charge in [-0.05, 0) is 42.0 Å². The lowest BCUT2D eigenvalue weighted by molar-refractivity contribution is -0.140. The van der Waals surface area contributed by atoms with E-state index in [-0.39, 0.29) is 17.9 Å². The first-order chi connectivity index (χ1) is 16.8. The zero-order chi connectivity index (χ0) is 24.9. The fourth-order valence-electron chi connectivity index (χ4n) is 4.20. The van der Waals surface area contributed by atoms with Crippen molar-refractivity contribution in [1.82, 2.24) is 9.80 Å². The molecule has 10 heteroatoms. The summed E-state index contributed by atoms with van der Waals surface area (Å²) in [6.07, 6.45) is 0. The van der Waals surface area contributed by atoms with E-state index in [9.17, 15) is 19.5 Å². The number of amides is 2. The maximum Gasteiger partial charge on any atom is 0.295 e. The van der Waals surface area contributed by atoms with Gasteiger partial charge in [0.25, 0.3) is 17.6 Å². The summed E-state index contributed by atoms with van der Waals surface area (Å²) in [5.41, 5.74) is 6.13. The summed E-state index contributed by atoms with van der Waals surface area (Å²) in [7, 11) is 0. The van der Waals surface area contributed by atoms with Crippen LogP contribution in [0.3, 0.4) is 0 Å². The first kappa shape index (κ1) is 24.7. The number of benzene rings is 2. The Morgan fingerprint density at radius 2 is 1.71 bits per heavy atom. The molecule has 0 saturated carbocycles. The minimum absolute atomic E-state index is 0.00473. The molecular weight excluding hydrogens is 474 g/mol. The van der Waals surface area contributed by atoms with Crippen LogP contribution in [0.25, 0.3) is 5.76 Å². The molecule has 2 amide bonds. The number of ketones is 1. The lowest BCUT2D eigenvalue weighted by Crippen LogP contribution is -2.42. The van der Waals surface area contributed by atoms with E-state index >= 15 is 0 Å². The zero-order valence-electron chi connectivity index (χ0n) is 19.0. The van der Waals surface area contributed by atoms with Crippen LogP contribution >= 0.6 is 11.6 Å². The third kappa shape index (κ3) is 5.64. The Labute approximate surface area is 207 Å². The molecule has 4 rings (SSSR count). The Bertz CT molecular complexity index is 1130. The van der Waals surface area contributed by atoms with Gasteiger partial charge in [-0.15, -0.1) is 0 Å². The fourth-order valence-corrected chi connectivity index (χ4v) is 4.32. The van der Waals surface area contributed by atoms with Gasteiger partial charge in [-0.25, -0.2) is 0 Å². The Morgan fingerprint density at radius 1 is 1.06 bits per heavy atom. The highest BCUT2D eigenvalue weighted by molar-refractivity contribution is 6.46. The van der Waals surface area contributed by atoms with Gasteiger partial charge in [-0.1, -0.05) is 23.7 Å². The average Bonchev–Trinajstić information content (AvgIpc) is 3.12. The number of carbonyl (C=O) groups is 3. The number of hydrogen-bond acceptors (Lipinski definition) is 7. The largest absolute Gasteiger partial charge is 0.507 e. The predicted molar refractivity (Wildman–Crippen MR) is 129 cm³/mol. The van der Waals surface area contributed by atoms with Crippen molar-refractivity contribution in [3.8, 4) is 5.75 Å². The summed E-state index contributed by atoms with van der Waals surface area (Å²) in [5, 5.41) is 11.6. The predicted octanol–water partition coefficient (Wildman–Crippen LogP) is 1.96. The van der Waals surface area contributed by atoms with Crippen molar-refractivity contribution in [1.29, 1.82) is 0 Å². The molecule has 184 valence electrons. The van der Waals surface area contributed by atoms with Gasteiger partial charge in [0.2, 0.25) is 0 Å². The molecule has 1 unspecified atom stereocenters. The van der Waals surface area contributed by atoms with Crippen LogP contribution in [-0.4, -0.2) is 78.5 Å². The molecule has 2 heterocycles. The fraction of sp³-hybridized carbons (Fsp3) is 0.320. The van der Waals surface area contributed by atoms with Crippen LogP contribution in [0, 0.1) is 0 Å². The number of Topliss-reactive ketones (excluding diaryl/α,β-unsaturated/α-hetero) is 1. The summed E-state index contributed by atoms with van der Waals surface area (Å²) >= 11 is 5.97. The number of halogens is 1. The second-order valence-corrected chi connectivity index (χ2v) is 8.71. The van der Waals surface area contributed by atoms with E-state index in [1.54, 1.807) is 48.5 Å². The molecule has 2 fully saturated rings. The third-order valence-electron chi connectivity index (χ3n) is 6.00. The summed E-state index contributed by atoms with van der Waals surface area (Å²) in [6, 6.07) is 12.2. The molecule has 0 aromatic heterocycles. The molecule has 0 aliphatic carbocycles. The molecule has 35 heavy (non-hydrogen) atoms. The first-order valence-electron chi connectivity index (χ1n) is 11.2. The number of hydrogen-bond donors (Lipinski definition) is 2. The van der Waals surface area contributed by atoms with Crippen LogP contribution in [0.4, 0.5) is 0 Å². The van der Waals surface area contributed by atoms with E-state index in [1.165, 1.54) is 4.90 Å². The van der Waals surface area contributed by atoms with Gasteiger partial charge >= 0.3 is 0 Å². The normalized spacial score (nSPS) is 20.3. The van der Waals surface area contributed by atoms with Crippen molar-refractivity contribution >= 4 is 35.0 Å². The van der Waals surface area contributed by atoms with Crippen molar-refractivity contribution in [3.63, 3.8) is 0 Å². The van der Waals surface area contributed by atoms with Gasteiger partial charge in [-0.3, -0.25) is 19.3 Å². The molecule has 0 spiro atoms. The number of primary amides is 1. The number of nitrogens with zero attached hydrogens (tertiary/aromatic N) is 2. The summed E-state index contributed by atoms with van der Waals surface area (Å²) in [6.45, 7) is 3.31. The maximum atomic E-state index is 13.1. The number of likely N-dealkylation sites (tertiary alicyclic amines) is 1. The number of nitrogens with two attached hydrogens (primary N) is 1. The first-order valence-corrected chi connectivity index (χ1v) is 11.6. The number of aliphatic hydroxyl groups is 1. The molecule has 0 bridgehead atoms. The Morgan fingerprint density at radius 3 is 2.34 bits per heavy atom. The Balaban J connectivity index is 1.69.